The molecule has 0 heterocycles. The minimum Gasteiger partial charge on any atom is -0.491 e. The van der Waals surface area contributed by atoms with E-state index in [0.29, 0.717) is 19.1 Å². The summed E-state index contributed by atoms with van der Waals surface area (Å²) in [6.07, 6.45) is 1.77. The van der Waals surface area contributed by atoms with Crippen molar-refractivity contribution in [3.05, 3.63) is 29.6 Å². The molecule has 2 nitrogen and oxygen atoms in total. The van der Waals surface area contributed by atoms with Gasteiger partial charge in [0.15, 0.2) is 11.6 Å². The Labute approximate surface area is 100 Å². The number of hydrogen-bond acceptors (Lipinski definition) is 2. The minimum absolute atomic E-state index is 0.284. The topological polar surface area (TPSA) is 18.5 Å². The molecule has 0 saturated heterocycles. The molecule has 0 fully saturated rings. The zero-order valence-electron chi connectivity index (χ0n) is 9.34. The third-order valence-corrected chi connectivity index (χ3v) is 2.46. The van der Waals surface area contributed by atoms with E-state index >= 15 is 0 Å². The Bertz CT molecular complexity index is 318. The van der Waals surface area contributed by atoms with Crippen molar-refractivity contribution in [3.63, 3.8) is 0 Å². The smallest absolute Gasteiger partial charge is 0.165 e. The van der Waals surface area contributed by atoms with Gasteiger partial charge in [-0.2, -0.15) is 0 Å². The second-order valence-electron chi connectivity index (χ2n) is 3.45. The summed E-state index contributed by atoms with van der Waals surface area (Å²) < 4.78 is 23.6. The molecule has 1 aromatic carbocycles. The molecule has 1 aromatic rings. The second-order valence-corrected chi connectivity index (χ2v) is 3.71. The van der Waals surface area contributed by atoms with Crippen LogP contribution in [0.3, 0.4) is 0 Å². The Morgan fingerprint density at radius 2 is 2.00 bits per heavy atom. The average Bonchev–Trinajstić information content (AvgIpc) is 2.30. The molecule has 0 N–H and O–H groups in total. The van der Waals surface area contributed by atoms with Crippen molar-refractivity contribution < 1.29 is 13.9 Å². The van der Waals surface area contributed by atoms with Crippen LogP contribution in [0.5, 0.6) is 5.75 Å². The van der Waals surface area contributed by atoms with Crippen LogP contribution in [0.15, 0.2) is 18.2 Å². The van der Waals surface area contributed by atoms with Gasteiger partial charge in [-0.1, -0.05) is 6.07 Å². The normalized spacial score (nSPS) is 10.4. The van der Waals surface area contributed by atoms with Gasteiger partial charge in [-0.05, 0) is 30.5 Å². The summed E-state index contributed by atoms with van der Waals surface area (Å²) in [6.45, 7) is 1.21. The zero-order valence-corrected chi connectivity index (χ0v) is 10.1. The lowest BCUT2D eigenvalue weighted by Crippen LogP contribution is -2.01. The van der Waals surface area contributed by atoms with E-state index < -0.39 is 0 Å². The van der Waals surface area contributed by atoms with E-state index in [1.807, 2.05) is 0 Å². The van der Waals surface area contributed by atoms with Crippen molar-refractivity contribution in [1.29, 1.82) is 0 Å². The van der Waals surface area contributed by atoms with E-state index in [9.17, 15) is 4.39 Å². The van der Waals surface area contributed by atoms with Crippen molar-refractivity contribution in [1.82, 2.24) is 0 Å². The van der Waals surface area contributed by atoms with Gasteiger partial charge in [0, 0.05) is 19.6 Å². The first-order valence-corrected chi connectivity index (χ1v) is 5.77. The molecule has 0 aliphatic rings. The second kappa shape index (κ2) is 7.47. The Morgan fingerprint density at radius 3 is 2.62 bits per heavy atom. The van der Waals surface area contributed by atoms with E-state index in [1.54, 1.807) is 19.2 Å². The Hall–Kier alpha value is -0.800. The van der Waals surface area contributed by atoms with Gasteiger partial charge in [-0.3, -0.25) is 0 Å². The number of ether oxygens (including phenoxy) is 2. The molecule has 1 rings (SSSR count). The van der Waals surface area contributed by atoms with Gasteiger partial charge < -0.3 is 9.47 Å². The molecule has 0 aliphatic carbocycles. The van der Waals surface area contributed by atoms with Crippen LogP contribution in [0.1, 0.15) is 18.4 Å². The van der Waals surface area contributed by atoms with Gasteiger partial charge in [-0.15, -0.1) is 11.6 Å². The fraction of sp³-hybridized carbons (Fsp3) is 0.500. The van der Waals surface area contributed by atoms with Crippen molar-refractivity contribution in [2.24, 2.45) is 0 Å². The van der Waals surface area contributed by atoms with E-state index in [-0.39, 0.29) is 11.6 Å². The van der Waals surface area contributed by atoms with Gasteiger partial charge >= 0.3 is 0 Å². The summed E-state index contributed by atoms with van der Waals surface area (Å²) in [7, 11) is 1.66. The largest absolute Gasteiger partial charge is 0.491 e. The average molecular weight is 247 g/mol. The van der Waals surface area contributed by atoms with Gasteiger partial charge in [-0.25, -0.2) is 4.39 Å². The third-order valence-electron chi connectivity index (χ3n) is 2.15. The number of unbranched alkanes of at least 4 members (excludes halogenated alkanes) is 1. The molecule has 0 spiro atoms. The lowest BCUT2D eigenvalue weighted by Gasteiger charge is -2.07. The third kappa shape index (κ3) is 4.37. The number of hydrogen-bond donors (Lipinski definition) is 0. The minimum atomic E-state index is -0.357. The van der Waals surface area contributed by atoms with Crippen LogP contribution in [0.2, 0.25) is 0 Å². The predicted molar refractivity (Wildman–Crippen MR) is 62.6 cm³/mol. The molecule has 0 aliphatic heterocycles. The molecule has 0 bridgehead atoms. The molecular formula is C12H16ClFO2. The maximum absolute atomic E-state index is 13.4. The summed E-state index contributed by atoms with van der Waals surface area (Å²) in [5.41, 5.74) is 0.755. The van der Waals surface area contributed by atoms with Crippen molar-refractivity contribution in [2.45, 2.75) is 18.7 Å². The van der Waals surface area contributed by atoms with Crippen LogP contribution in [0.4, 0.5) is 4.39 Å². The number of halogens is 2. The van der Waals surface area contributed by atoms with Crippen molar-refractivity contribution in [2.75, 3.05) is 20.3 Å². The highest BCUT2D eigenvalue weighted by Gasteiger charge is 2.03. The summed E-state index contributed by atoms with van der Waals surface area (Å²) in [5, 5.41) is 0. The highest BCUT2D eigenvalue weighted by molar-refractivity contribution is 6.17. The Balaban J connectivity index is 2.36. The van der Waals surface area contributed by atoms with E-state index in [2.05, 4.69) is 0 Å². The molecule has 0 amide bonds. The highest BCUT2D eigenvalue weighted by Crippen LogP contribution is 2.19. The van der Waals surface area contributed by atoms with Gasteiger partial charge in [0.2, 0.25) is 0 Å². The van der Waals surface area contributed by atoms with Crippen molar-refractivity contribution >= 4 is 11.6 Å². The first kappa shape index (κ1) is 13.3. The van der Waals surface area contributed by atoms with Crippen LogP contribution >= 0.6 is 11.6 Å². The number of methoxy groups -OCH3 is 1. The van der Waals surface area contributed by atoms with E-state index in [0.717, 1.165) is 18.4 Å². The maximum atomic E-state index is 13.4. The molecule has 0 aromatic heterocycles. The first-order valence-electron chi connectivity index (χ1n) is 5.24. The van der Waals surface area contributed by atoms with Crippen LogP contribution < -0.4 is 4.74 Å². The molecule has 90 valence electrons. The summed E-state index contributed by atoms with van der Waals surface area (Å²) >= 11 is 5.59. The first-order chi connectivity index (χ1) is 7.77. The number of rotatable bonds is 7. The fourth-order valence-corrected chi connectivity index (χ4v) is 1.44. The number of benzene rings is 1. The molecule has 4 heteroatoms. The van der Waals surface area contributed by atoms with E-state index in [1.165, 1.54) is 6.07 Å². The molecule has 0 unspecified atom stereocenters. The molecule has 16 heavy (non-hydrogen) atoms. The van der Waals surface area contributed by atoms with Crippen LogP contribution in [0, 0.1) is 5.82 Å². The van der Waals surface area contributed by atoms with E-state index in [4.69, 9.17) is 21.1 Å². The van der Waals surface area contributed by atoms with Crippen LogP contribution in [-0.4, -0.2) is 20.3 Å². The molecule has 0 radical (unpaired) electrons. The van der Waals surface area contributed by atoms with Gasteiger partial charge in [0.1, 0.15) is 0 Å². The summed E-state index contributed by atoms with van der Waals surface area (Å²) in [6, 6.07) is 4.78. The van der Waals surface area contributed by atoms with Gasteiger partial charge in [0.05, 0.1) is 6.61 Å². The van der Waals surface area contributed by atoms with Crippen LogP contribution in [0.25, 0.3) is 0 Å². The standard InChI is InChI=1S/C12H16ClFO2/c1-15-6-2-3-7-16-12-5-4-10(9-13)8-11(12)14/h4-5,8H,2-3,6-7,9H2,1H3. The molecular weight excluding hydrogens is 231 g/mol. The molecule has 0 atom stereocenters. The quantitative estimate of drug-likeness (QED) is 0.543. The monoisotopic (exact) mass is 246 g/mol. The van der Waals surface area contributed by atoms with Gasteiger partial charge in [0.25, 0.3) is 0 Å². The number of alkyl halides is 1. The zero-order chi connectivity index (χ0) is 11.8. The fourth-order valence-electron chi connectivity index (χ4n) is 1.28. The lowest BCUT2D eigenvalue weighted by molar-refractivity contribution is 0.183. The lowest BCUT2D eigenvalue weighted by atomic mass is 10.2. The highest BCUT2D eigenvalue weighted by atomic mass is 35.5. The summed E-state index contributed by atoms with van der Waals surface area (Å²) in [4.78, 5) is 0. The Morgan fingerprint density at radius 1 is 1.25 bits per heavy atom. The predicted octanol–water partition coefficient (Wildman–Crippen LogP) is 3.37. The SMILES string of the molecule is COCCCCOc1ccc(CCl)cc1F. The summed E-state index contributed by atoms with van der Waals surface area (Å²) in [5.74, 6) is 0.238. The van der Waals surface area contributed by atoms with Crippen LogP contribution in [-0.2, 0) is 10.6 Å². The maximum Gasteiger partial charge on any atom is 0.165 e. The Kier molecular flexibility index (Phi) is 6.19. The van der Waals surface area contributed by atoms with Crippen molar-refractivity contribution in [3.8, 4) is 5.75 Å². The molecule has 0 saturated carbocycles.